The first-order valence-corrected chi connectivity index (χ1v) is 8.62. The van der Waals surface area contributed by atoms with Gasteiger partial charge >= 0.3 is 0 Å². The number of rotatable bonds is 6. The number of aryl methyl sites for hydroxylation is 3. The minimum Gasteiger partial charge on any atom is -0.484 e. The lowest BCUT2D eigenvalue weighted by Gasteiger charge is -2.11. The third-order valence-electron chi connectivity index (χ3n) is 4.23. The molecule has 0 saturated heterocycles. The summed E-state index contributed by atoms with van der Waals surface area (Å²) in [6, 6.07) is 13.3. The van der Waals surface area contributed by atoms with E-state index in [4.69, 9.17) is 9.47 Å². The molecule has 2 amide bonds. The van der Waals surface area contributed by atoms with Crippen LogP contribution in [0.1, 0.15) is 23.1 Å². The number of hydrogen-bond donors (Lipinski definition) is 2. The van der Waals surface area contributed by atoms with Gasteiger partial charge in [-0.3, -0.25) is 20.4 Å². The van der Waals surface area contributed by atoms with E-state index >= 15 is 0 Å². The number of ether oxygens (including phenoxy) is 2. The zero-order valence-electron chi connectivity index (χ0n) is 14.7. The van der Waals surface area contributed by atoms with Crippen molar-refractivity contribution in [3.63, 3.8) is 0 Å². The summed E-state index contributed by atoms with van der Waals surface area (Å²) < 4.78 is 10.9. The number of fused-ring (bicyclic) bond motifs is 1. The third-order valence-corrected chi connectivity index (χ3v) is 4.23. The summed E-state index contributed by atoms with van der Waals surface area (Å²) in [5, 5.41) is 0. The number of hydrogen-bond acceptors (Lipinski definition) is 4. The molecule has 2 N–H and O–H groups in total. The van der Waals surface area contributed by atoms with E-state index in [1.54, 1.807) is 6.07 Å². The molecule has 0 spiro atoms. The molecule has 2 aromatic carbocycles. The number of nitrogens with one attached hydrogen (secondary N) is 2. The van der Waals surface area contributed by atoms with Gasteiger partial charge in [-0.15, -0.1) is 0 Å². The Morgan fingerprint density at radius 3 is 2.38 bits per heavy atom. The molecule has 6 nitrogen and oxygen atoms in total. The van der Waals surface area contributed by atoms with Crippen molar-refractivity contribution in [1.82, 2.24) is 10.9 Å². The van der Waals surface area contributed by atoms with Crippen molar-refractivity contribution in [2.24, 2.45) is 0 Å². The van der Waals surface area contributed by atoms with E-state index < -0.39 is 11.8 Å². The van der Waals surface area contributed by atoms with Crippen LogP contribution in [0.25, 0.3) is 0 Å². The average Bonchev–Trinajstić information content (AvgIpc) is 3.12. The molecular weight excluding hydrogens is 332 g/mol. The third kappa shape index (κ3) is 4.75. The fourth-order valence-electron chi connectivity index (χ4n) is 2.86. The lowest BCUT2D eigenvalue weighted by molar-refractivity contribution is -0.131. The van der Waals surface area contributed by atoms with Crippen LogP contribution in [0.15, 0.2) is 42.5 Å². The van der Waals surface area contributed by atoms with Crippen molar-refractivity contribution in [2.45, 2.75) is 26.2 Å². The summed E-state index contributed by atoms with van der Waals surface area (Å²) in [5.41, 5.74) is 8.19. The number of hydrazine groups is 1. The van der Waals surface area contributed by atoms with Crippen molar-refractivity contribution >= 4 is 11.8 Å². The Bertz CT molecular complexity index is 804. The van der Waals surface area contributed by atoms with Crippen LogP contribution in [0.3, 0.4) is 0 Å². The van der Waals surface area contributed by atoms with Crippen LogP contribution in [-0.4, -0.2) is 25.0 Å². The summed E-state index contributed by atoms with van der Waals surface area (Å²) in [7, 11) is 0. The summed E-state index contributed by atoms with van der Waals surface area (Å²) in [4.78, 5) is 23.5. The highest BCUT2D eigenvalue weighted by molar-refractivity contribution is 5.83. The van der Waals surface area contributed by atoms with Crippen LogP contribution in [0.5, 0.6) is 11.5 Å². The maximum atomic E-state index is 11.8. The molecule has 0 radical (unpaired) electrons. The van der Waals surface area contributed by atoms with E-state index in [0.29, 0.717) is 11.5 Å². The number of benzene rings is 2. The molecule has 3 rings (SSSR count). The Labute approximate surface area is 152 Å². The van der Waals surface area contributed by atoms with Crippen molar-refractivity contribution < 1.29 is 19.1 Å². The van der Waals surface area contributed by atoms with Gasteiger partial charge < -0.3 is 9.47 Å². The molecule has 136 valence electrons. The molecule has 0 saturated carbocycles. The fraction of sp³-hybridized carbons (Fsp3) is 0.300. The van der Waals surface area contributed by atoms with E-state index in [-0.39, 0.29) is 13.2 Å². The lowest BCUT2D eigenvalue weighted by atomic mass is 10.1. The smallest absolute Gasteiger partial charge is 0.276 e. The first kappa shape index (κ1) is 17.8. The Kier molecular flexibility index (Phi) is 5.73. The van der Waals surface area contributed by atoms with E-state index in [2.05, 4.69) is 10.9 Å². The number of para-hydroxylation sites is 1. The second kappa shape index (κ2) is 8.38. The molecule has 0 aliphatic heterocycles. The quantitative estimate of drug-likeness (QED) is 0.779. The number of carbonyl (C=O) groups is 2. The molecule has 2 aromatic rings. The molecule has 0 atom stereocenters. The summed E-state index contributed by atoms with van der Waals surface area (Å²) >= 11 is 0. The standard InChI is InChI=1S/C20H22N2O4/c1-14-5-2-3-8-18(14)26-13-20(24)22-21-19(23)12-25-17-10-9-15-6-4-7-16(15)11-17/h2-3,5,8-11H,4,6-7,12-13H2,1H3,(H,21,23)(H,22,24). The molecule has 0 heterocycles. The zero-order chi connectivity index (χ0) is 18.4. The van der Waals surface area contributed by atoms with Crippen LogP contribution in [0.2, 0.25) is 0 Å². The van der Waals surface area contributed by atoms with Crippen LogP contribution in [0, 0.1) is 6.92 Å². The van der Waals surface area contributed by atoms with E-state index in [9.17, 15) is 9.59 Å². The van der Waals surface area contributed by atoms with Crippen molar-refractivity contribution in [3.8, 4) is 11.5 Å². The average molecular weight is 354 g/mol. The second-order valence-corrected chi connectivity index (χ2v) is 6.22. The maximum absolute atomic E-state index is 11.8. The number of carbonyl (C=O) groups excluding carboxylic acids is 2. The van der Waals surface area contributed by atoms with Gasteiger partial charge in [0, 0.05) is 0 Å². The van der Waals surface area contributed by atoms with E-state index in [1.165, 1.54) is 11.1 Å². The predicted octanol–water partition coefficient (Wildman–Crippen LogP) is 2.09. The first-order chi connectivity index (χ1) is 12.6. The molecule has 0 bridgehead atoms. The van der Waals surface area contributed by atoms with Gasteiger partial charge in [0.25, 0.3) is 11.8 Å². The zero-order valence-corrected chi connectivity index (χ0v) is 14.7. The van der Waals surface area contributed by atoms with E-state index in [1.807, 2.05) is 43.3 Å². The van der Waals surface area contributed by atoms with Gasteiger partial charge in [0.15, 0.2) is 13.2 Å². The molecule has 6 heteroatoms. The Hall–Kier alpha value is -3.02. The fourth-order valence-corrected chi connectivity index (χ4v) is 2.86. The van der Waals surface area contributed by atoms with Gasteiger partial charge in [0.05, 0.1) is 0 Å². The largest absolute Gasteiger partial charge is 0.484 e. The van der Waals surface area contributed by atoms with Gasteiger partial charge in [-0.1, -0.05) is 24.3 Å². The highest BCUT2D eigenvalue weighted by Gasteiger charge is 2.12. The Morgan fingerprint density at radius 1 is 0.923 bits per heavy atom. The van der Waals surface area contributed by atoms with Crippen LogP contribution >= 0.6 is 0 Å². The summed E-state index contributed by atoms with van der Waals surface area (Å²) in [6.45, 7) is 1.54. The van der Waals surface area contributed by atoms with Gasteiger partial charge in [0.1, 0.15) is 11.5 Å². The molecule has 1 aliphatic carbocycles. The highest BCUT2D eigenvalue weighted by Crippen LogP contribution is 2.25. The SMILES string of the molecule is Cc1ccccc1OCC(=O)NNC(=O)COc1ccc2c(c1)CCC2. The molecular formula is C20H22N2O4. The van der Waals surface area contributed by atoms with Gasteiger partial charge in [-0.25, -0.2) is 0 Å². The summed E-state index contributed by atoms with van der Waals surface area (Å²) in [5.74, 6) is 0.415. The monoisotopic (exact) mass is 354 g/mol. The highest BCUT2D eigenvalue weighted by atomic mass is 16.5. The molecule has 1 aliphatic rings. The van der Waals surface area contributed by atoms with Crippen LogP contribution < -0.4 is 20.3 Å². The van der Waals surface area contributed by atoms with Crippen molar-refractivity contribution in [1.29, 1.82) is 0 Å². The number of amides is 2. The molecule has 0 fully saturated rings. The molecule has 26 heavy (non-hydrogen) atoms. The first-order valence-electron chi connectivity index (χ1n) is 8.62. The minimum absolute atomic E-state index is 0.169. The maximum Gasteiger partial charge on any atom is 0.276 e. The van der Waals surface area contributed by atoms with Crippen LogP contribution in [0.4, 0.5) is 0 Å². The van der Waals surface area contributed by atoms with Crippen molar-refractivity contribution in [2.75, 3.05) is 13.2 Å². The lowest BCUT2D eigenvalue weighted by Crippen LogP contribution is -2.45. The van der Waals surface area contributed by atoms with E-state index in [0.717, 1.165) is 24.8 Å². The molecule has 0 unspecified atom stereocenters. The van der Waals surface area contributed by atoms with Crippen molar-refractivity contribution in [3.05, 3.63) is 59.2 Å². The Morgan fingerprint density at radius 2 is 1.62 bits per heavy atom. The predicted molar refractivity (Wildman–Crippen MR) is 96.9 cm³/mol. The Balaban J connectivity index is 1.37. The minimum atomic E-state index is -0.445. The second-order valence-electron chi connectivity index (χ2n) is 6.22. The van der Waals surface area contributed by atoms with Gasteiger partial charge in [-0.05, 0) is 61.1 Å². The normalized spacial score (nSPS) is 12.2. The molecule has 0 aromatic heterocycles. The summed E-state index contributed by atoms with van der Waals surface area (Å²) in [6.07, 6.45) is 3.32. The van der Waals surface area contributed by atoms with Crippen LogP contribution in [-0.2, 0) is 22.4 Å². The van der Waals surface area contributed by atoms with Gasteiger partial charge in [0.2, 0.25) is 0 Å². The van der Waals surface area contributed by atoms with Gasteiger partial charge in [-0.2, -0.15) is 0 Å². The topological polar surface area (TPSA) is 76.7 Å².